The van der Waals surface area contributed by atoms with Gasteiger partial charge in [-0.2, -0.15) is 0 Å². The lowest BCUT2D eigenvalue weighted by atomic mass is 10.0. The second-order valence-corrected chi connectivity index (χ2v) is 4.90. The highest BCUT2D eigenvalue weighted by Gasteiger charge is 2.22. The van der Waals surface area contributed by atoms with Crippen LogP contribution in [-0.4, -0.2) is 24.5 Å². The summed E-state index contributed by atoms with van der Waals surface area (Å²) < 4.78 is 4.74. The number of nitrogens with zero attached hydrogens (tertiary/aromatic N) is 1. The van der Waals surface area contributed by atoms with Crippen LogP contribution in [0.1, 0.15) is 37.8 Å². The van der Waals surface area contributed by atoms with Crippen molar-refractivity contribution >= 4 is 5.97 Å². The first-order valence-electron chi connectivity index (χ1n) is 6.82. The third kappa shape index (κ3) is 3.37. The van der Waals surface area contributed by atoms with Gasteiger partial charge in [0.2, 0.25) is 0 Å². The Bertz CT molecular complexity index is 453. The summed E-state index contributed by atoms with van der Waals surface area (Å²) in [6.45, 7) is 3.19. The Morgan fingerprint density at radius 3 is 2.74 bits per heavy atom. The van der Waals surface area contributed by atoms with Crippen molar-refractivity contribution < 1.29 is 9.53 Å². The van der Waals surface area contributed by atoms with Crippen molar-refractivity contribution in [1.29, 1.82) is 0 Å². The van der Waals surface area contributed by atoms with E-state index in [0.29, 0.717) is 0 Å². The fraction of sp³-hybridized carbons (Fsp3) is 0.438. The molecular formula is C16H21NO2. The summed E-state index contributed by atoms with van der Waals surface area (Å²) in [6.07, 6.45) is 4.90. The maximum Gasteiger partial charge on any atom is 0.332 e. The van der Waals surface area contributed by atoms with E-state index >= 15 is 0 Å². The third-order valence-electron chi connectivity index (χ3n) is 3.69. The second-order valence-electron chi connectivity index (χ2n) is 4.90. The molecule has 1 aromatic carbocycles. The minimum Gasteiger partial charge on any atom is -0.466 e. The van der Waals surface area contributed by atoms with Crippen LogP contribution in [0.15, 0.2) is 42.1 Å². The molecule has 3 heteroatoms. The van der Waals surface area contributed by atoms with Gasteiger partial charge in [-0.15, -0.1) is 0 Å². The molecule has 0 spiro atoms. The van der Waals surface area contributed by atoms with Gasteiger partial charge < -0.3 is 9.64 Å². The van der Waals surface area contributed by atoms with Gasteiger partial charge in [-0.1, -0.05) is 30.3 Å². The van der Waals surface area contributed by atoms with E-state index in [9.17, 15) is 4.79 Å². The van der Waals surface area contributed by atoms with Gasteiger partial charge in [-0.25, -0.2) is 4.79 Å². The Labute approximate surface area is 114 Å². The van der Waals surface area contributed by atoms with E-state index < -0.39 is 0 Å². The molecule has 2 rings (SSSR count). The van der Waals surface area contributed by atoms with Crippen LogP contribution in [0.4, 0.5) is 0 Å². The number of ether oxygens (including phenoxy) is 1. The summed E-state index contributed by atoms with van der Waals surface area (Å²) in [5.41, 5.74) is 2.37. The second kappa shape index (κ2) is 6.41. The van der Waals surface area contributed by atoms with Crippen molar-refractivity contribution in [3.8, 4) is 0 Å². The summed E-state index contributed by atoms with van der Waals surface area (Å²) >= 11 is 0. The van der Waals surface area contributed by atoms with Crippen LogP contribution < -0.4 is 0 Å². The minimum atomic E-state index is -0.262. The Morgan fingerprint density at radius 2 is 2.05 bits per heavy atom. The molecule has 1 saturated heterocycles. The number of esters is 1. The van der Waals surface area contributed by atoms with Gasteiger partial charge in [0.15, 0.2) is 0 Å². The Kier molecular flexibility index (Phi) is 4.61. The van der Waals surface area contributed by atoms with Crippen LogP contribution in [0.25, 0.3) is 0 Å². The molecule has 1 atom stereocenters. The topological polar surface area (TPSA) is 29.5 Å². The molecule has 1 heterocycles. The molecule has 0 saturated carbocycles. The standard InChI is InChI=1S/C16H21NO2/c1-13(14-8-4-3-5-9-14)17-11-7-6-10-15(17)12-16(18)19-2/h3-5,8-9,12-13H,6-7,10-11H2,1-2H3/b15-12+/t13-/m1/s1. The van der Waals surface area contributed by atoms with Gasteiger partial charge >= 0.3 is 5.97 Å². The van der Waals surface area contributed by atoms with E-state index in [0.717, 1.165) is 25.1 Å². The molecule has 0 bridgehead atoms. The number of allylic oxidation sites excluding steroid dienone is 1. The first kappa shape index (κ1) is 13.7. The fourth-order valence-corrected chi connectivity index (χ4v) is 2.58. The van der Waals surface area contributed by atoms with Gasteiger partial charge in [0.1, 0.15) is 0 Å². The quantitative estimate of drug-likeness (QED) is 0.616. The number of benzene rings is 1. The van der Waals surface area contributed by atoms with Crippen molar-refractivity contribution in [2.75, 3.05) is 13.7 Å². The molecule has 0 amide bonds. The van der Waals surface area contributed by atoms with Gasteiger partial charge in [-0.05, 0) is 31.7 Å². The highest BCUT2D eigenvalue weighted by atomic mass is 16.5. The van der Waals surface area contributed by atoms with Gasteiger partial charge in [-0.3, -0.25) is 0 Å². The molecule has 0 N–H and O–H groups in total. The molecule has 19 heavy (non-hydrogen) atoms. The first-order chi connectivity index (χ1) is 9.22. The number of hydrogen-bond donors (Lipinski definition) is 0. The van der Waals surface area contributed by atoms with Gasteiger partial charge in [0, 0.05) is 18.3 Å². The van der Waals surface area contributed by atoms with Crippen LogP contribution in [0, 0.1) is 0 Å². The monoisotopic (exact) mass is 259 g/mol. The Hall–Kier alpha value is -1.77. The molecule has 1 fully saturated rings. The van der Waals surface area contributed by atoms with Crippen molar-refractivity contribution in [3.05, 3.63) is 47.7 Å². The predicted molar refractivity (Wildman–Crippen MR) is 75.5 cm³/mol. The van der Waals surface area contributed by atoms with Crippen molar-refractivity contribution in [2.45, 2.75) is 32.2 Å². The van der Waals surface area contributed by atoms with Crippen LogP contribution in [-0.2, 0) is 9.53 Å². The van der Waals surface area contributed by atoms with E-state index in [1.54, 1.807) is 6.08 Å². The van der Waals surface area contributed by atoms with E-state index in [2.05, 4.69) is 36.1 Å². The molecule has 0 unspecified atom stereocenters. The Morgan fingerprint density at radius 1 is 1.32 bits per heavy atom. The van der Waals surface area contributed by atoms with Crippen LogP contribution in [0.5, 0.6) is 0 Å². The maximum absolute atomic E-state index is 11.5. The lowest BCUT2D eigenvalue weighted by Crippen LogP contribution is -2.31. The Balaban J connectivity index is 2.20. The molecule has 1 aliphatic rings. The smallest absolute Gasteiger partial charge is 0.332 e. The molecule has 0 radical (unpaired) electrons. The summed E-state index contributed by atoms with van der Waals surface area (Å²) in [5, 5.41) is 0. The van der Waals surface area contributed by atoms with E-state index in [1.807, 2.05) is 6.07 Å². The number of likely N-dealkylation sites (tertiary alicyclic amines) is 1. The third-order valence-corrected chi connectivity index (χ3v) is 3.69. The van der Waals surface area contributed by atoms with Crippen LogP contribution in [0.3, 0.4) is 0 Å². The van der Waals surface area contributed by atoms with Crippen molar-refractivity contribution in [2.24, 2.45) is 0 Å². The largest absolute Gasteiger partial charge is 0.466 e. The fourth-order valence-electron chi connectivity index (χ4n) is 2.58. The van der Waals surface area contributed by atoms with E-state index in [4.69, 9.17) is 4.74 Å². The molecule has 1 aliphatic heterocycles. The zero-order valence-corrected chi connectivity index (χ0v) is 11.6. The summed E-state index contributed by atoms with van der Waals surface area (Å²) in [5.74, 6) is -0.262. The van der Waals surface area contributed by atoms with Crippen molar-refractivity contribution in [3.63, 3.8) is 0 Å². The highest BCUT2D eigenvalue weighted by molar-refractivity contribution is 5.82. The minimum absolute atomic E-state index is 0.262. The van der Waals surface area contributed by atoms with Crippen LogP contribution >= 0.6 is 0 Å². The molecule has 102 valence electrons. The summed E-state index contributed by atoms with van der Waals surface area (Å²) in [6, 6.07) is 10.7. The summed E-state index contributed by atoms with van der Waals surface area (Å²) in [4.78, 5) is 13.8. The molecular weight excluding hydrogens is 238 g/mol. The summed E-state index contributed by atoms with van der Waals surface area (Å²) in [7, 11) is 1.42. The molecule has 0 aliphatic carbocycles. The normalized spacial score (nSPS) is 19.3. The number of methoxy groups -OCH3 is 1. The first-order valence-corrected chi connectivity index (χ1v) is 6.82. The molecule has 0 aromatic heterocycles. The maximum atomic E-state index is 11.5. The SMILES string of the molecule is COC(=O)/C=C1\CCCCN1[C@H](C)c1ccccc1. The number of carbonyl (C=O) groups is 1. The number of piperidine rings is 1. The zero-order chi connectivity index (χ0) is 13.7. The van der Waals surface area contributed by atoms with Crippen LogP contribution in [0.2, 0.25) is 0 Å². The van der Waals surface area contributed by atoms with Gasteiger partial charge in [0.05, 0.1) is 13.2 Å². The van der Waals surface area contributed by atoms with Crippen molar-refractivity contribution in [1.82, 2.24) is 4.90 Å². The predicted octanol–water partition coefficient (Wildman–Crippen LogP) is 3.29. The highest BCUT2D eigenvalue weighted by Crippen LogP contribution is 2.30. The average molecular weight is 259 g/mol. The number of hydrogen-bond acceptors (Lipinski definition) is 3. The lowest BCUT2D eigenvalue weighted by molar-refractivity contribution is -0.135. The van der Waals surface area contributed by atoms with E-state index in [1.165, 1.54) is 19.1 Å². The molecule has 3 nitrogen and oxygen atoms in total. The molecule has 1 aromatic rings. The average Bonchev–Trinajstić information content (AvgIpc) is 2.48. The zero-order valence-electron chi connectivity index (χ0n) is 11.6. The van der Waals surface area contributed by atoms with Gasteiger partial charge in [0.25, 0.3) is 0 Å². The number of carbonyl (C=O) groups excluding carboxylic acids is 1. The lowest BCUT2D eigenvalue weighted by Gasteiger charge is -2.37. The van der Waals surface area contributed by atoms with E-state index in [-0.39, 0.29) is 12.0 Å². The number of rotatable bonds is 3.